The number of hydrogen-bond donors (Lipinski definition) is 0. The van der Waals surface area contributed by atoms with Crippen molar-refractivity contribution in [3.05, 3.63) is 67.1 Å². The van der Waals surface area contributed by atoms with Gasteiger partial charge in [0.15, 0.2) is 0 Å². The maximum Gasteiger partial charge on any atom is 2.00 e. The van der Waals surface area contributed by atoms with Crippen LogP contribution < -0.4 is 17.0 Å². The normalized spacial score (nSPS) is 8.53. The Balaban J connectivity index is 0.000000980. The summed E-state index contributed by atoms with van der Waals surface area (Å²) in [6.07, 6.45) is 0. The topological polar surface area (TPSA) is 0 Å². The van der Waals surface area contributed by atoms with Gasteiger partial charge in [-0.2, -0.15) is 24.6 Å². The molecule has 15 heavy (non-hydrogen) atoms. The summed E-state index contributed by atoms with van der Waals surface area (Å²) in [5.41, 5.74) is 3.53. The van der Waals surface area contributed by atoms with E-state index in [4.69, 9.17) is 0 Å². The molecule has 0 N–H and O–H groups in total. The van der Waals surface area contributed by atoms with Crippen molar-refractivity contribution in [1.29, 1.82) is 0 Å². The Bertz CT molecular complexity index is 398. The molecule has 0 bridgehead atoms. The summed E-state index contributed by atoms with van der Waals surface area (Å²) in [4.78, 5) is 0. The van der Waals surface area contributed by atoms with Gasteiger partial charge < -0.3 is 17.0 Å². The molecule has 0 radical (unpaired) electrons. The van der Waals surface area contributed by atoms with Crippen molar-refractivity contribution in [2.75, 3.05) is 0 Å². The second kappa shape index (κ2) is 6.93. The van der Waals surface area contributed by atoms with Crippen LogP contribution in [0.4, 0.5) is 0 Å². The molecule has 0 aliphatic carbocycles. The van der Waals surface area contributed by atoms with Gasteiger partial charge in [0.25, 0.3) is 0 Å². The van der Waals surface area contributed by atoms with E-state index in [-0.39, 0.29) is 40.0 Å². The summed E-state index contributed by atoms with van der Waals surface area (Å²) in [5.74, 6) is 0. The molecule has 2 aromatic carbocycles. The molecule has 0 saturated heterocycles. The van der Waals surface area contributed by atoms with Crippen LogP contribution in [0.1, 0.15) is 5.56 Å². The zero-order chi connectivity index (χ0) is 9.10. The van der Waals surface area contributed by atoms with E-state index < -0.39 is 0 Å². The van der Waals surface area contributed by atoms with Gasteiger partial charge in [0.1, 0.15) is 0 Å². The van der Waals surface area contributed by atoms with Crippen molar-refractivity contribution in [3.8, 4) is 11.1 Å². The van der Waals surface area contributed by atoms with Gasteiger partial charge in [-0.15, -0.1) is 6.07 Å². The maximum atomic E-state index is 3.91. The first-order valence-corrected chi connectivity index (χ1v) is 4.34. The minimum Gasteiger partial charge on any atom is -1.00 e. The molecule has 0 nitrogen and oxygen atoms in total. The molecule has 0 spiro atoms. The Morgan fingerprint density at radius 3 is 1.93 bits per heavy atom. The van der Waals surface area contributed by atoms with E-state index in [0.717, 1.165) is 5.56 Å². The fraction of sp³-hybridized carbons (Fsp3) is 0. The van der Waals surface area contributed by atoms with E-state index in [1.165, 1.54) is 11.1 Å². The van der Waals surface area contributed by atoms with Crippen LogP contribution in [0.25, 0.3) is 11.1 Å². The van der Waals surface area contributed by atoms with Gasteiger partial charge in [-0.1, -0.05) is 42.0 Å². The second-order valence-electron chi connectivity index (χ2n) is 3.07. The summed E-state index contributed by atoms with van der Waals surface area (Å²) >= 11 is 0. The molecule has 0 fully saturated rings. The Kier molecular flexibility index (Phi) is 6.73. The van der Waals surface area contributed by atoms with Crippen LogP contribution in [-0.4, -0.2) is 23.1 Å². The fourth-order valence-corrected chi connectivity index (χ4v) is 1.38. The van der Waals surface area contributed by atoms with Gasteiger partial charge in [0.05, 0.1) is 0 Å². The van der Waals surface area contributed by atoms with E-state index in [9.17, 15) is 0 Å². The number of benzene rings is 2. The van der Waals surface area contributed by atoms with Crippen LogP contribution in [0.5, 0.6) is 0 Å². The Labute approximate surface area is 118 Å². The third-order valence-electron chi connectivity index (χ3n) is 2.03. The summed E-state index contributed by atoms with van der Waals surface area (Å²) < 4.78 is 0. The summed E-state index contributed by atoms with van der Waals surface area (Å²) in [6.45, 7) is 3.91. The molecular weight excluding hydrogens is 260 g/mol. The molecule has 0 aromatic heterocycles. The van der Waals surface area contributed by atoms with Gasteiger partial charge in [-0.25, -0.2) is 0 Å². The number of rotatable bonds is 1. The van der Waals surface area contributed by atoms with Crippen LogP contribution in [0.2, 0.25) is 0 Å². The van der Waals surface area contributed by atoms with Crippen LogP contribution in [0.3, 0.4) is 0 Å². The minimum absolute atomic E-state index is 0. The van der Waals surface area contributed by atoms with Crippen LogP contribution >= 0.6 is 0 Å². The van der Waals surface area contributed by atoms with Gasteiger partial charge >= 0.3 is 23.1 Å². The van der Waals surface area contributed by atoms with Gasteiger partial charge in [-0.05, 0) is 5.56 Å². The molecule has 72 valence electrons. The molecule has 2 heteroatoms. The van der Waals surface area contributed by atoms with Crippen LogP contribution in [-0.2, 0) is 0 Å². The smallest absolute Gasteiger partial charge is 1.00 e. The number of halogens is 1. The van der Waals surface area contributed by atoms with Gasteiger partial charge in [0.2, 0.25) is 0 Å². The zero-order valence-electron chi connectivity index (χ0n) is 8.49. The molecule has 0 amide bonds. The molecular formula is C13H11BrMg. The predicted octanol–water partition coefficient (Wildman–Crippen LogP) is 0.159. The van der Waals surface area contributed by atoms with Crippen molar-refractivity contribution in [3.63, 3.8) is 0 Å². The summed E-state index contributed by atoms with van der Waals surface area (Å²) in [5, 5.41) is 0. The quantitative estimate of drug-likeness (QED) is 0.512. The molecule has 2 rings (SSSR count). The van der Waals surface area contributed by atoms with E-state index in [1.54, 1.807) is 0 Å². The molecule has 0 saturated carbocycles. The summed E-state index contributed by atoms with van der Waals surface area (Å²) in [6, 6.07) is 18.6. The molecule has 2 aromatic rings. The molecule has 0 unspecified atom stereocenters. The third-order valence-corrected chi connectivity index (χ3v) is 2.03. The van der Waals surface area contributed by atoms with Crippen molar-refractivity contribution in [2.45, 2.75) is 0 Å². The Hall–Kier alpha value is -0.444. The summed E-state index contributed by atoms with van der Waals surface area (Å²) in [7, 11) is 0. The van der Waals surface area contributed by atoms with Gasteiger partial charge in [-0.3, -0.25) is 0 Å². The van der Waals surface area contributed by atoms with E-state index in [2.05, 4.69) is 31.2 Å². The first kappa shape index (κ1) is 14.6. The van der Waals surface area contributed by atoms with Crippen molar-refractivity contribution < 1.29 is 17.0 Å². The third kappa shape index (κ3) is 3.90. The van der Waals surface area contributed by atoms with E-state index in [1.807, 2.05) is 30.3 Å². The second-order valence-corrected chi connectivity index (χ2v) is 3.07. The standard InChI is InChI=1S/C13H11.BrH.Mg/c1-11-6-5-9-13(10-11)12-7-3-2-4-8-12;;/h2-10H,1H2;1H;/q-1;;+2/p-1. The minimum atomic E-state index is 0. The van der Waals surface area contributed by atoms with Crippen molar-refractivity contribution in [1.82, 2.24) is 0 Å². The van der Waals surface area contributed by atoms with Crippen molar-refractivity contribution >= 4 is 23.1 Å². The average Bonchev–Trinajstić information content (AvgIpc) is 2.19. The molecule has 0 atom stereocenters. The van der Waals surface area contributed by atoms with Crippen LogP contribution in [0, 0.1) is 6.92 Å². The SMILES string of the molecule is [Br-].[CH2-]c1cccc(-c2ccccc2)c1.[Mg+2]. The maximum absolute atomic E-state index is 3.91. The average molecular weight is 271 g/mol. The Morgan fingerprint density at radius 2 is 1.33 bits per heavy atom. The monoisotopic (exact) mass is 270 g/mol. The molecule has 0 aliphatic rings. The van der Waals surface area contributed by atoms with Crippen LogP contribution in [0.15, 0.2) is 54.6 Å². The number of hydrogen-bond acceptors (Lipinski definition) is 0. The first-order chi connectivity index (χ1) is 6.36. The largest absolute Gasteiger partial charge is 2.00 e. The zero-order valence-corrected chi connectivity index (χ0v) is 11.5. The predicted molar refractivity (Wildman–Crippen MR) is 62.1 cm³/mol. The van der Waals surface area contributed by atoms with Gasteiger partial charge in [0, 0.05) is 0 Å². The Morgan fingerprint density at radius 1 is 0.733 bits per heavy atom. The van der Waals surface area contributed by atoms with E-state index in [0.29, 0.717) is 0 Å². The molecule has 0 heterocycles. The first-order valence-electron chi connectivity index (χ1n) is 4.34. The molecule has 0 aliphatic heterocycles. The fourth-order valence-electron chi connectivity index (χ4n) is 1.38. The van der Waals surface area contributed by atoms with Crippen molar-refractivity contribution in [2.24, 2.45) is 0 Å². The van der Waals surface area contributed by atoms with E-state index >= 15 is 0 Å².